The molecule has 2 aromatic rings. The summed E-state index contributed by atoms with van der Waals surface area (Å²) in [4.78, 5) is 14.6. The fourth-order valence-corrected chi connectivity index (χ4v) is 3.14. The van der Waals surface area contributed by atoms with Gasteiger partial charge in [0.1, 0.15) is 6.54 Å². The highest BCUT2D eigenvalue weighted by molar-refractivity contribution is 5.82. The van der Waals surface area contributed by atoms with Crippen LogP contribution in [0.4, 0.5) is 0 Å². The first-order valence-corrected chi connectivity index (χ1v) is 7.83. The first kappa shape index (κ1) is 16.0. The fraction of sp³-hybridized carbons (Fsp3) is 0.529. The van der Waals surface area contributed by atoms with E-state index in [1.54, 1.807) is 18.0 Å². The second-order valence-corrected chi connectivity index (χ2v) is 6.59. The molecule has 3 rings (SSSR count). The predicted octanol–water partition coefficient (Wildman–Crippen LogP) is 1.69. The second-order valence-electron chi connectivity index (χ2n) is 6.59. The summed E-state index contributed by atoms with van der Waals surface area (Å²) in [6.45, 7) is 5.85. The summed E-state index contributed by atoms with van der Waals surface area (Å²) in [7, 11) is 1.65. The summed E-state index contributed by atoms with van der Waals surface area (Å²) in [5.41, 5.74) is 0.602. The molecule has 23 heavy (non-hydrogen) atoms. The Labute approximate surface area is 136 Å². The molecular formula is C17H23N3O3. The third kappa shape index (κ3) is 3.54. The van der Waals surface area contributed by atoms with Gasteiger partial charge in [0.2, 0.25) is 5.91 Å². The maximum Gasteiger partial charge on any atom is 0.244 e. The van der Waals surface area contributed by atoms with Crippen LogP contribution in [0.15, 0.2) is 30.5 Å². The van der Waals surface area contributed by atoms with Gasteiger partial charge in [-0.15, -0.1) is 0 Å². The highest BCUT2D eigenvalue weighted by Crippen LogP contribution is 2.22. The van der Waals surface area contributed by atoms with Crippen LogP contribution in [0.25, 0.3) is 10.9 Å². The van der Waals surface area contributed by atoms with Gasteiger partial charge in [-0.05, 0) is 19.9 Å². The molecule has 1 aliphatic heterocycles. The summed E-state index contributed by atoms with van der Waals surface area (Å²) in [5, 5.41) is 5.38. The van der Waals surface area contributed by atoms with Crippen LogP contribution in [0.5, 0.6) is 0 Å². The largest absolute Gasteiger partial charge is 0.382 e. The number of aromatic nitrogens is 2. The molecule has 0 aliphatic carbocycles. The topological polar surface area (TPSA) is 56.6 Å². The Kier molecular flexibility index (Phi) is 4.37. The quantitative estimate of drug-likeness (QED) is 0.861. The van der Waals surface area contributed by atoms with Crippen molar-refractivity contribution in [3.8, 4) is 0 Å². The predicted molar refractivity (Wildman–Crippen MR) is 87.1 cm³/mol. The summed E-state index contributed by atoms with van der Waals surface area (Å²) in [5.74, 6) is 0.0522. The monoisotopic (exact) mass is 317 g/mol. The Morgan fingerprint density at radius 2 is 2.22 bits per heavy atom. The van der Waals surface area contributed by atoms with Crippen molar-refractivity contribution in [1.82, 2.24) is 14.7 Å². The standard InChI is InChI=1S/C17H23N3O3/c1-17(2)12-19(9-14(23-17)11-22-3)16(21)10-20-15-7-5-4-6-13(15)8-18-20/h4-8,14H,9-12H2,1-3H3. The molecule has 1 unspecified atom stereocenters. The van der Waals surface area contributed by atoms with E-state index in [1.165, 1.54) is 0 Å². The maximum absolute atomic E-state index is 12.7. The van der Waals surface area contributed by atoms with E-state index in [1.807, 2.05) is 43.0 Å². The molecule has 124 valence electrons. The lowest BCUT2D eigenvalue weighted by molar-refractivity contribution is -0.169. The Hall–Kier alpha value is -1.92. The van der Waals surface area contributed by atoms with E-state index in [0.717, 1.165) is 10.9 Å². The first-order valence-electron chi connectivity index (χ1n) is 7.83. The highest BCUT2D eigenvalue weighted by atomic mass is 16.5. The number of methoxy groups -OCH3 is 1. The van der Waals surface area contributed by atoms with Gasteiger partial charge in [0.25, 0.3) is 0 Å². The molecule has 2 heterocycles. The molecule has 1 fully saturated rings. The van der Waals surface area contributed by atoms with E-state index in [4.69, 9.17) is 9.47 Å². The second kappa shape index (κ2) is 6.29. The van der Waals surface area contributed by atoms with Crippen molar-refractivity contribution < 1.29 is 14.3 Å². The number of rotatable bonds is 4. The van der Waals surface area contributed by atoms with E-state index >= 15 is 0 Å². The van der Waals surface area contributed by atoms with Crippen LogP contribution in [0.2, 0.25) is 0 Å². The van der Waals surface area contributed by atoms with Crippen molar-refractivity contribution in [3.63, 3.8) is 0 Å². The van der Waals surface area contributed by atoms with E-state index in [0.29, 0.717) is 19.7 Å². The van der Waals surface area contributed by atoms with Crippen LogP contribution in [0, 0.1) is 0 Å². The number of carbonyl (C=O) groups excluding carboxylic acids is 1. The smallest absolute Gasteiger partial charge is 0.244 e. The molecule has 1 amide bonds. The van der Waals surface area contributed by atoms with Gasteiger partial charge in [0, 0.05) is 25.6 Å². The summed E-state index contributed by atoms with van der Waals surface area (Å²) < 4.78 is 12.9. The van der Waals surface area contributed by atoms with Gasteiger partial charge in [-0.1, -0.05) is 18.2 Å². The number of benzene rings is 1. The van der Waals surface area contributed by atoms with Gasteiger partial charge < -0.3 is 14.4 Å². The Morgan fingerprint density at radius 1 is 1.43 bits per heavy atom. The SMILES string of the molecule is COCC1CN(C(=O)Cn2ncc3ccccc32)CC(C)(C)O1. The van der Waals surface area contributed by atoms with Gasteiger partial charge in [0.05, 0.1) is 30.0 Å². The summed E-state index contributed by atoms with van der Waals surface area (Å²) in [6, 6.07) is 7.90. The van der Waals surface area contributed by atoms with Crippen LogP contribution in [0.1, 0.15) is 13.8 Å². The molecule has 1 aromatic heterocycles. The normalized spacial score (nSPS) is 20.8. The zero-order valence-electron chi connectivity index (χ0n) is 13.9. The molecule has 1 aliphatic rings. The molecule has 1 aromatic carbocycles. The van der Waals surface area contributed by atoms with Crippen LogP contribution < -0.4 is 0 Å². The molecular weight excluding hydrogens is 294 g/mol. The third-order valence-corrected chi connectivity index (χ3v) is 4.02. The van der Waals surface area contributed by atoms with Gasteiger partial charge >= 0.3 is 0 Å². The molecule has 1 atom stereocenters. The lowest BCUT2D eigenvalue weighted by atomic mass is 10.1. The molecule has 1 saturated heterocycles. The van der Waals surface area contributed by atoms with Crippen molar-refractivity contribution in [2.45, 2.75) is 32.1 Å². The van der Waals surface area contributed by atoms with Crippen LogP contribution in [-0.2, 0) is 20.8 Å². The zero-order valence-corrected chi connectivity index (χ0v) is 13.9. The van der Waals surface area contributed by atoms with Crippen molar-refractivity contribution in [2.75, 3.05) is 26.8 Å². The Bertz CT molecular complexity index is 695. The molecule has 6 heteroatoms. The molecule has 6 nitrogen and oxygen atoms in total. The van der Waals surface area contributed by atoms with Crippen LogP contribution in [0.3, 0.4) is 0 Å². The van der Waals surface area contributed by atoms with E-state index in [2.05, 4.69) is 5.10 Å². The molecule has 0 spiro atoms. The molecule has 0 N–H and O–H groups in total. The van der Waals surface area contributed by atoms with Gasteiger partial charge in [0.15, 0.2) is 0 Å². The number of ether oxygens (including phenoxy) is 2. The summed E-state index contributed by atoms with van der Waals surface area (Å²) in [6.07, 6.45) is 1.70. The van der Waals surface area contributed by atoms with E-state index < -0.39 is 0 Å². The molecule has 0 saturated carbocycles. The van der Waals surface area contributed by atoms with Gasteiger partial charge in [-0.2, -0.15) is 5.10 Å². The number of hydrogen-bond acceptors (Lipinski definition) is 4. The fourth-order valence-electron chi connectivity index (χ4n) is 3.14. The zero-order chi connectivity index (χ0) is 16.4. The lowest BCUT2D eigenvalue weighted by Gasteiger charge is -2.42. The third-order valence-electron chi connectivity index (χ3n) is 4.02. The minimum atomic E-state index is -0.372. The number of fused-ring (bicyclic) bond motifs is 1. The van der Waals surface area contributed by atoms with E-state index in [9.17, 15) is 4.79 Å². The Morgan fingerprint density at radius 3 is 3.00 bits per heavy atom. The number of para-hydroxylation sites is 1. The van der Waals surface area contributed by atoms with Crippen LogP contribution in [-0.4, -0.2) is 59.1 Å². The van der Waals surface area contributed by atoms with Gasteiger partial charge in [-0.25, -0.2) is 0 Å². The number of amides is 1. The van der Waals surface area contributed by atoms with Crippen molar-refractivity contribution in [2.24, 2.45) is 0 Å². The molecule has 0 bridgehead atoms. The van der Waals surface area contributed by atoms with Gasteiger partial charge in [-0.3, -0.25) is 9.48 Å². The Balaban J connectivity index is 1.74. The molecule has 0 radical (unpaired) electrons. The minimum absolute atomic E-state index is 0.0522. The maximum atomic E-state index is 12.7. The number of hydrogen-bond donors (Lipinski definition) is 0. The minimum Gasteiger partial charge on any atom is -0.382 e. The highest BCUT2D eigenvalue weighted by Gasteiger charge is 2.35. The average molecular weight is 317 g/mol. The van der Waals surface area contributed by atoms with Crippen molar-refractivity contribution in [3.05, 3.63) is 30.5 Å². The number of morpholine rings is 1. The summed E-state index contributed by atoms with van der Waals surface area (Å²) >= 11 is 0. The van der Waals surface area contributed by atoms with Crippen LogP contribution >= 0.6 is 0 Å². The van der Waals surface area contributed by atoms with Crippen molar-refractivity contribution >= 4 is 16.8 Å². The van der Waals surface area contributed by atoms with Crippen molar-refractivity contribution in [1.29, 1.82) is 0 Å². The lowest BCUT2D eigenvalue weighted by Crippen LogP contribution is -2.56. The number of carbonyl (C=O) groups is 1. The first-order chi connectivity index (χ1) is 11.0. The number of nitrogens with zero attached hydrogens (tertiary/aromatic N) is 3. The average Bonchev–Trinajstić information content (AvgIpc) is 2.89. The van der Waals surface area contributed by atoms with E-state index in [-0.39, 0.29) is 24.2 Å².